The van der Waals surface area contributed by atoms with Gasteiger partial charge in [-0.25, -0.2) is 0 Å². The number of carbonyl (C=O) groups excluding carboxylic acids is 1. The second-order valence-corrected chi connectivity index (χ2v) is 5.33. The molecule has 0 amide bonds. The number of ether oxygens (including phenoxy) is 2. The maximum atomic E-state index is 12.8. The van der Waals surface area contributed by atoms with Crippen LogP contribution in [0.1, 0.15) is 40.4 Å². The molecule has 2 rings (SSSR count). The van der Waals surface area contributed by atoms with Crippen LogP contribution in [0.4, 0.5) is 0 Å². The van der Waals surface area contributed by atoms with E-state index >= 15 is 0 Å². The van der Waals surface area contributed by atoms with Crippen LogP contribution in [0.3, 0.4) is 0 Å². The van der Waals surface area contributed by atoms with E-state index in [9.17, 15) is 4.79 Å². The maximum Gasteiger partial charge on any atom is 0.196 e. The molecule has 0 aromatic heterocycles. The van der Waals surface area contributed by atoms with Crippen LogP contribution in [-0.2, 0) is 11.2 Å². The topological polar surface area (TPSA) is 35.5 Å². The summed E-state index contributed by atoms with van der Waals surface area (Å²) >= 11 is 0. The van der Waals surface area contributed by atoms with Crippen LogP contribution < -0.4 is 4.74 Å². The monoisotopic (exact) mass is 298 g/mol. The zero-order valence-electron chi connectivity index (χ0n) is 13.4. The molecule has 0 heterocycles. The number of aryl methyl sites for hydroxylation is 2. The molecule has 0 aliphatic heterocycles. The van der Waals surface area contributed by atoms with Crippen molar-refractivity contribution < 1.29 is 14.3 Å². The molecule has 2 aromatic rings. The van der Waals surface area contributed by atoms with Gasteiger partial charge in [0.15, 0.2) is 12.6 Å². The van der Waals surface area contributed by atoms with Crippen molar-refractivity contribution in [2.24, 2.45) is 0 Å². The summed E-state index contributed by atoms with van der Waals surface area (Å²) in [6, 6.07) is 13.4. The Morgan fingerprint density at radius 2 is 1.95 bits per heavy atom. The Kier molecular flexibility index (Phi) is 5.73. The second-order valence-electron chi connectivity index (χ2n) is 5.33. The predicted octanol–water partition coefficient (Wildman–Crippen LogP) is 4.16. The average Bonchev–Trinajstić information content (AvgIpc) is 2.53. The van der Waals surface area contributed by atoms with E-state index in [0.717, 1.165) is 24.0 Å². The van der Waals surface area contributed by atoms with Gasteiger partial charge in [0.25, 0.3) is 0 Å². The van der Waals surface area contributed by atoms with Crippen molar-refractivity contribution in [3.63, 3.8) is 0 Å². The molecule has 0 unspecified atom stereocenters. The van der Waals surface area contributed by atoms with Gasteiger partial charge >= 0.3 is 0 Å². The summed E-state index contributed by atoms with van der Waals surface area (Å²) in [5.41, 5.74) is 3.47. The highest BCUT2D eigenvalue weighted by Gasteiger charge is 2.16. The number of carbonyl (C=O) groups is 1. The van der Waals surface area contributed by atoms with E-state index in [1.807, 2.05) is 49.4 Å². The summed E-state index contributed by atoms with van der Waals surface area (Å²) in [5.74, 6) is 0.543. The zero-order valence-corrected chi connectivity index (χ0v) is 13.4. The summed E-state index contributed by atoms with van der Waals surface area (Å²) < 4.78 is 10.5. The van der Waals surface area contributed by atoms with Crippen LogP contribution in [0.5, 0.6) is 5.75 Å². The van der Waals surface area contributed by atoms with Crippen molar-refractivity contribution in [1.82, 2.24) is 0 Å². The Hall–Kier alpha value is -2.13. The molecule has 2 aromatic carbocycles. The highest BCUT2D eigenvalue weighted by molar-refractivity contribution is 6.10. The number of hydrogen-bond donors (Lipinski definition) is 0. The number of rotatable bonds is 7. The minimum absolute atomic E-state index is 0.0206. The van der Waals surface area contributed by atoms with Gasteiger partial charge in [-0.05, 0) is 37.1 Å². The predicted molar refractivity (Wildman–Crippen MR) is 87.6 cm³/mol. The van der Waals surface area contributed by atoms with Gasteiger partial charge in [0.1, 0.15) is 5.75 Å². The largest absolute Gasteiger partial charge is 0.467 e. The highest BCUT2D eigenvalue weighted by Crippen LogP contribution is 2.24. The van der Waals surface area contributed by atoms with Crippen LogP contribution in [-0.4, -0.2) is 19.7 Å². The molecular weight excluding hydrogens is 276 g/mol. The lowest BCUT2D eigenvalue weighted by Crippen LogP contribution is -2.08. The van der Waals surface area contributed by atoms with Crippen LogP contribution in [0, 0.1) is 6.92 Å². The Labute approximate surface area is 131 Å². The lowest BCUT2D eigenvalue weighted by Gasteiger charge is -2.12. The Morgan fingerprint density at radius 1 is 1.14 bits per heavy atom. The molecule has 0 saturated heterocycles. The molecule has 0 bridgehead atoms. The van der Waals surface area contributed by atoms with E-state index in [1.165, 1.54) is 0 Å². The summed E-state index contributed by atoms with van der Waals surface area (Å²) in [7, 11) is 1.56. The number of methoxy groups -OCH3 is 1. The molecule has 0 radical (unpaired) electrons. The minimum atomic E-state index is -0.0206. The van der Waals surface area contributed by atoms with Crippen molar-refractivity contribution in [1.29, 1.82) is 0 Å². The van der Waals surface area contributed by atoms with E-state index < -0.39 is 0 Å². The van der Waals surface area contributed by atoms with Crippen LogP contribution >= 0.6 is 0 Å². The molecule has 0 fully saturated rings. The number of hydrogen-bond acceptors (Lipinski definition) is 3. The highest BCUT2D eigenvalue weighted by atomic mass is 16.7. The third kappa shape index (κ3) is 3.95. The zero-order chi connectivity index (χ0) is 15.9. The molecule has 116 valence electrons. The van der Waals surface area contributed by atoms with Crippen molar-refractivity contribution in [3.05, 3.63) is 64.7 Å². The Bertz CT molecular complexity index is 647. The van der Waals surface area contributed by atoms with Gasteiger partial charge in [0, 0.05) is 12.7 Å². The van der Waals surface area contributed by atoms with E-state index in [2.05, 4.69) is 6.92 Å². The molecule has 0 N–H and O–H groups in total. The van der Waals surface area contributed by atoms with Crippen molar-refractivity contribution in [2.45, 2.75) is 26.7 Å². The SMILES string of the molecule is CCCc1ccc(OCOC)c(C(=O)c2cccc(C)c2)c1. The van der Waals surface area contributed by atoms with E-state index in [1.54, 1.807) is 7.11 Å². The maximum absolute atomic E-state index is 12.8. The van der Waals surface area contributed by atoms with Gasteiger partial charge in [-0.2, -0.15) is 0 Å². The van der Waals surface area contributed by atoms with E-state index in [4.69, 9.17) is 9.47 Å². The summed E-state index contributed by atoms with van der Waals surface area (Å²) in [6.07, 6.45) is 1.98. The van der Waals surface area contributed by atoms with Gasteiger partial charge in [0.2, 0.25) is 0 Å². The molecule has 0 aliphatic carbocycles. The molecule has 22 heavy (non-hydrogen) atoms. The quantitative estimate of drug-likeness (QED) is 0.568. The molecule has 0 atom stereocenters. The first-order chi connectivity index (χ1) is 10.7. The second kappa shape index (κ2) is 7.76. The Balaban J connectivity index is 2.40. The van der Waals surface area contributed by atoms with E-state index in [0.29, 0.717) is 16.9 Å². The Morgan fingerprint density at radius 3 is 2.64 bits per heavy atom. The number of benzene rings is 2. The summed E-state index contributed by atoms with van der Waals surface area (Å²) in [6.45, 7) is 4.23. The van der Waals surface area contributed by atoms with Crippen LogP contribution in [0.2, 0.25) is 0 Å². The number of ketones is 1. The first-order valence-corrected chi connectivity index (χ1v) is 7.51. The fraction of sp³-hybridized carbons (Fsp3) is 0.316. The fourth-order valence-electron chi connectivity index (χ4n) is 2.39. The van der Waals surface area contributed by atoms with Crippen molar-refractivity contribution in [2.75, 3.05) is 13.9 Å². The van der Waals surface area contributed by atoms with E-state index in [-0.39, 0.29) is 12.6 Å². The fourth-order valence-corrected chi connectivity index (χ4v) is 2.39. The molecule has 3 nitrogen and oxygen atoms in total. The van der Waals surface area contributed by atoms with Gasteiger partial charge in [0.05, 0.1) is 5.56 Å². The summed E-state index contributed by atoms with van der Waals surface area (Å²) in [4.78, 5) is 12.8. The van der Waals surface area contributed by atoms with Crippen LogP contribution in [0.15, 0.2) is 42.5 Å². The average molecular weight is 298 g/mol. The lowest BCUT2D eigenvalue weighted by molar-refractivity contribution is 0.0503. The molecular formula is C19H22O3. The first-order valence-electron chi connectivity index (χ1n) is 7.51. The van der Waals surface area contributed by atoms with Gasteiger partial charge in [-0.1, -0.05) is 43.2 Å². The van der Waals surface area contributed by atoms with Gasteiger partial charge in [-0.15, -0.1) is 0 Å². The first kappa shape index (κ1) is 16.2. The standard InChI is InChI=1S/C19H22O3/c1-4-6-15-9-10-18(22-13-21-3)17(12-15)19(20)16-8-5-7-14(2)11-16/h5,7-12H,4,6,13H2,1-3H3. The molecule has 3 heteroatoms. The lowest BCUT2D eigenvalue weighted by atomic mass is 9.98. The minimum Gasteiger partial charge on any atom is -0.467 e. The molecule has 0 aliphatic rings. The molecule has 0 spiro atoms. The third-order valence-electron chi connectivity index (χ3n) is 3.44. The van der Waals surface area contributed by atoms with Gasteiger partial charge in [-0.3, -0.25) is 4.79 Å². The third-order valence-corrected chi connectivity index (χ3v) is 3.44. The molecule has 0 saturated carbocycles. The van der Waals surface area contributed by atoms with Gasteiger partial charge < -0.3 is 9.47 Å². The summed E-state index contributed by atoms with van der Waals surface area (Å²) in [5, 5.41) is 0. The van der Waals surface area contributed by atoms with Crippen molar-refractivity contribution in [3.8, 4) is 5.75 Å². The normalized spacial score (nSPS) is 10.5. The smallest absolute Gasteiger partial charge is 0.196 e. The van der Waals surface area contributed by atoms with Crippen LogP contribution in [0.25, 0.3) is 0 Å². The van der Waals surface area contributed by atoms with Crippen molar-refractivity contribution >= 4 is 5.78 Å².